The van der Waals surface area contributed by atoms with Crippen molar-refractivity contribution in [2.75, 3.05) is 6.54 Å². The number of ether oxygens (including phenoxy) is 2. The normalized spacial score (nSPS) is 19.9. The summed E-state index contributed by atoms with van der Waals surface area (Å²) in [5.41, 5.74) is 4.22. The van der Waals surface area contributed by atoms with Gasteiger partial charge < -0.3 is 14.0 Å². The van der Waals surface area contributed by atoms with E-state index in [1.165, 1.54) is 29.7 Å². The van der Waals surface area contributed by atoms with Crippen LogP contribution < -0.4 is 4.74 Å². The molecule has 1 aromatic heterocycles. The van der Waals surface area contributed by atoms with Crippen LogP contribution in [-0.2, 0) is 22.4 Å². The molecule has 1 saturated heterocycles. The molecule has 186 valence electrons. The summed E-state index contributed by atoms with van der Waals surface area (Å²) in [5.74, 6) is 0.671. The third-order valence-electron chi connectivity index (χ3n) is 6.97. The van der Waals surface area contributed by atoms with Gasteiger partial charge in [0.15, 0.2) is 0 Å². The Morgan fingerprint density at radius 2 is 1.89 bits per heavy atom. The van der Waals surface area contributed by atoms with Crippen molar-refractivity contribution in [3.8, 4) is 11.4 Å². The van der Waals surface area contributed by atoms with E-state index in [1.54, 1.807) is 20.8 Å². The number of nitrogens with zero attached hydrogens (tertiary/aromatic N) is 3. The highest BCUT2D eigenvalue weighted by atomic mass is 16.6. The van der Waals surface area contributed by atoms with Crippen molar-refractivity contribution in [3.63, 3.8) is 0 Å². The molecule has 1 saturated carbocycles. The number of amides is 2. The summed E-state index contributed by atoms with van der Waals surface area (Å²) in [7, 11) is 0. The van der Waals surface area contributed by atoms with Crippen LogP contribution in [0.1, 0.15) is 82.7 Å². The summed E-state index contributed by atoms with van der Waals surface area (Å²) in [6, 6.07) is 6.35. The topological polar surface area (TPSA) is 73.7 Å². The molecule has 7 nitrogen and oxygen atoms in total. The zero-order valence-corrected chi connectivity index (χ0v) is 21.0. The number of carbonyl (C=O) groups is 2. The predicted octanol–water partition coefficient (Wildman–Crippen LogP) is 5.62. The summed E-state index contributed by atoms with van der Waals surface area (Å²) in [4.78, 5) is 31.4. The number of imidazole rings is 1. The molecule has 2 amide bonds. The number of hydrogen-bond acceptors (Lipinski definition) is 5. The van der Waals surface area contributed by atoms with Gasteiger partial charge in [-0.05, 0) is 102 Å². The number of carbonyl (C=O) groups excluding carboxylic acids is 2. The van der Waals surface area contributed by atoms with Crippen LogP contribution in [0, 0.1) is 0 Å². The summed E-state index contributed by atoms with van der Waals surface area (Å²) < 4.78 is 13.8. The van der Waals surface area contributed by atoms with Gasteiger partial charge in [0.1, 0.15) is 17.7 Å². The number of hydrogen-bond donors (Lipinski definition) is 0. The fourth-order valence-corrected chi connectivity index (χ4v) is 5.26. The van der Waals surface area contributed by atoms with Gasteiger partial charge in [0.25, 0.3) is 5.91 Å². The number of aromatic nitrogens is 2. The van der Waals surface area contributed by atoms with E-state index in [2.05, 4.69) is 27.8 Å². The average Bonchev–Trinajstić information content (AvgIpc) is 3.23. The van der Waals surface area contributed by atoms with Gasteiger partial charge in [-0.1, -0.05) is 6.42 Å². The molecule has 0 bridgehead atoms. The van der Waals surface area contributed by atoms with Crippen LogP contribution >= 0.6 is 0 Å². The molecular formula is C28H35N3O4. The van der Waals surface area contributed by atoms with Gasteiger partial charge in [0.05, 0.1) is 23.2 Å². The molecule has 35 heavy (non-hydrogen) atoms. The fourth-order valence-electron chi connectivity index (χ4n) is 5.26. The van der Waals surface area contributed by atoms with Crippen molar-refractivity contribution in [2.45, 2.75) is 90.3 Å². The smallest absolute Gasteiger partial charge is 0.417 e. The molecule has 3 aliphatic rings. The van der Waals surface area contributed by atoms with Crippen molar-refractivity contribution in [1.29, 1.82) is 0 Å². The van der Waals surface area contributed by atoms with Crippen LogP contribution in [0.4, 0.5) is 4.79 Å². The second-order valence-corrected chi connectivity index (χ2v) is 10.8. The Bertz CT molecular complexity index is 1150. The van der Waals surface area contributed by atoms with Gasteiger partial charge in [-0.2, -0.15) is 0 Å². The minimum atomic E-state index is -0.643. The molecule has 7 heteroatoms. The lowest BCUT2D eigenvalue weighted by atomic mass is 9.97. The lowest BCUT2D eigenvalue weighted by molar-refractivity contribution is -0.127. The second-order valence-electron chi connectivity index (χ2n) is 10.8. The summed E-state index contributed by atoms with van der Waals surface area (Å²) in [6.07, 6.45) is 12.6. The van der Waals surface area contributed by atoms with Crippen molar-refractivity contribution in [2.24, 2.45) is 0 Å². The van der Waals surface area contributed by atoms with E-state index in [0.717, 1.165) is 54.9 Å². The van der Waals surface area contributed by atoms with Gasteiger partial charge >= 0.3 is 6.09 Å². The van der Waals surface area contributed by atoms with Gasteiger partial charge in [-0.15, -0.1) is 0 Å². The van der Waals surface area contributed by atoms with E-state index in [-0.39, 0.29) is 5.91 Å². The highest BCUT2D eigenvalue weighted by molar-refractivity contribution is 6.05. The molecule has 3 heterocycles. The Balaban J connectivity index is 1.34. The Kier molecular flexibility index (Phi) is 6.43. The van der Waals surface area contributed by atoms with Crippen molar-refractivity contribution < 1.29 is 19.1 Å². The predicted molar refractivity (Wildman–Crippen MR) is 134 cm³/mol. The minimum Gasteiger partial charge on any atom is -0.490 e. The molecule has 2 aliphatic heterocycles. The second kappa shape index (κ2) is 9.51. The first-order valence-corrected chi connectivity index (χ1v) is 12.9. The zero-order chi connectivity index (χ0) is 24.6. The number of rotatable bonds is 3. The molecular weight excluding hydrogens is 442 g/mol. The fraction of sp³-hybridized carbons (Fsp3) is 0.536. The van der Waals surface area contributed by atoms with Gasteiger partial charge in [-0.25, -0.2) is 14.7 Å². The van der Waals surface area contributed by atoms with E-state index < -0.39 is 11.7 Å². The number of fused-ring (bicyclic) bond motifs is 3. The third-order valence-corrected chi connectivity index (χ3v) is 6.97. The SMILES string of the molecule is CC(C)(C)OC(=O)N1CCC/C(=C\c2ncn3c2CCc2cc(OC4CCCCC4)ccc2-3)C1=O. The average molecular weight is 478 g/mol. The molecule has 5 rings (SSSR count). The van der Waals surface area contributed by atoms with Crippen molar-refractivity contribution >= 4 is 18.1 Å². The van der Waals surface area contributed by atoms with E-state index in [9.17, 15) is 9.59 Å². The maximum atomic E-state index is 13.1. The largest absolute Gasteiger partial charge is 0.490 e. The van der Waals surface area contributed by atoms with Gasteiger partial charge in [-0.3, -0.25) is 4.79 Å². The minimum absolute atomic E-state index is 0.284. The van der Waals surface area contributed by atoms with Crippen LogP contribution in [0.2, 0.25) is 0 Å². The first-order valence-electron chi connectivity index (χ1n) is 12.9. The maximum absolute atomic E-state index is 13.1. The highest BCUT2D eigenvalue weighted by Gasteiger charge is 2.32. The van der Waals surface area contributed by atoms with E-state index >= 15 is 0 Å². The molecule has 0 spiro atoms. The summed E-state index contributed by atoms with van der Waals surface area (Å²) in [6.45, 7) is 5.79. The molecule has 1 aliphatic carbocycles. The lowest BCUT2D eigenvalue weighted by Gasteiger charge is -2.29. The summed E-state index contributed by atoms with van der Waals surface area (Å²) >= 11 is 0. The zero-order valence-electron chi connectivity index (χ0n) is 21.0. The number of piperidine rings is 1. The standard InChI is InChI=1S/C28H35N3O4/c1-28(2,3)35-27(33)30-15-7-8-20(26(30)32)17-23-25-13-11-19-16-22(34-21-9-5-4-6-10-21)12-14-24(19)31(25)18-29-23/h12,14,16-18,21H,4-11,13,15H2,1-3H3/b20-17+. The quantitative estimate of drug-likeness (QED) is 0.536. The monoisotopic (exact) mass is 477 g/mol. The van der Waals surface area contributed by atoms with Crippen LogP contribution in [-0.4, -0.2) is 44.7 Å². The van der Waals surface area contributed by atoms with Gasteiger partial charge in [0.2, 0.25) is 0 Å². The van der Waals surface area contributed by atoms with Crippen LogP contribution in [0.25, 0.3) is 11.8 Å². The first kappa shape index (κ1) is 23.6. The van der Waals surface area contributed by atoms with E-state index in [1.807, 2.05) is 12.4 Å². The van der Waals surface area contributed by atoms with Crippen molar-refractivity contribution in [3.05, 3.63) is 47.1 Å². The Morgan fingerprint density at radius 3 is 2.66 bits per heavy atom. The Morgan fingerprint density at radius 1 is 1.09 bits per heavy atom. The maximum Gasteiger partial charge on any atom is 0.417 e. The number of benzene rings is 1. The third kappa shape index (κ3) is 5.14. The van der Waals surface area contributed by atoms with Crippen molar-refractivity contribution in [1.82, 2.24) is 14.5 Å². The molecule has 2 fully saturated rings. The number of likely N-dealkylation sites (tertiary alicyclic amines) is 1. The van der Waals surface area contributed by atoms with Crippen LogP contribution in [0.15, 0.2) is 30.1 Å². The molecule has 0 unspecified atom stereocenters. The number of aryl methyl sites for hydroxylation is 1. The molecule has 1 aromatic carbocycles. The Hall–Kier alpha value is -3.09. The molecule has 0 atom stereocenters. The van der Waals surface area contributed by atoms with E-state index in [0.29, 0.717) is 24.6 Å². The van der Waals surface area contributed by atoms with Crippen LogP contribution in [0.5, 0.6) is 5.75 Å². The summed E-state index contributed by atoms with van der Waals surface area (Å²) in [5, 5.41) is 0. The Labute approximate surface area is 207 Å². The first-order chi connectivity index (χ1) is 16.8. The van der Waals surface area contributed by atoms with Crippen LogP contribution in [0.3, 0.4) is 0 Å². The molecule has 0 radical (unpaired) electrons. The molecule has 0 N–H and O–H groups in total. The van der Waals surface area contributed by atoms with Gasteiger partial charge in [0, 0.05) is 12.1 Å². The lowest BCUT2D eigenvalue weighted by Crippen LogP contribution is -2.44. The van der Waals surface area contributed by atoms with E-state index in [4.69, 9.17) is 9.47 Å². The highest BCUT2D eigenvalue weighted by Crippen LogP contribution is 2.32. The number of imide groups is 1. The molecule has 2 aromatic rings.